The fourth-order valence-electron chi connectivity index (χ4n) is 2.55. The van der Waals surface area contributed by atoms with E-state index >= 15 is 0 Å². The summed E-state index contributed by atoms with van der Waals surface area (Å²) in [5.41, 5.74) is 0.734. The Hall–Kier alpha value is -2.33. The molecular formula is C15H19FN4O2. The van der Waals surface area contributed by atoms with Gasteiger partial charge in [-0.15, -0.1) is 0 Å². The summed E-state index contributed by atoms with van der Waals surface area (Å²) in [6.07, 6.45) is 1.66. The molecule has 7 heteroatoms. The van der Waals surface area contributed by atoms with Crippen LogP contribution in [0, 0.1) is 17.1 Å². The molecule has 1 aliphatic rings. The van der Waals surface area contributed by atoms with Gasteiger partial charge >= 0.3 is 6.03 Å². The van der Waals surface area contributed by atoms with Crippen molar-refractivity contribution in [3.8, 4) is 6.07 Å². The normalized spacial score (nSPS) is 17.7. The van der Waals surface area contributed by atoms with E-state index in [4.69, 9.17) is 10.4 Å². The number of carbonyl (C=O) groups is 1. The predicted octanol–water partition coefficient (Wildman–Crippen LogP) is 0.958. The number of carbonyl (C=O) groups excluding carboxylic acids is 1. The molecule has 2 amide bonds. The lowest BCUT2D eigenvalue weighted by Crippen LogP contribution is -2.51. The van der Waals surface area contributed by atoms with Crippen LogP contribution < -0.4 is 15.5 Å². The Kier molecular flexibility index (Phi) is 5.55. The van der Waals surface area contributed by atoms with Crippen molar-refractivity contribution in [2.75, 3.05) is 31.1 Å². The second-order valence-electron chi connectivity index (χ2n) is 5.19. The molecule has 6 nitrogen and oxygen atoms in total. The molecule has 1 atom stereocenters. The molecule has 0 bridgehead atoms. The summed E-state index contributed by atoms with van der Waals surface area (Å²) in [5.74, 6) is -0.426. The number of nitrogens with zero attached hydrogens (tertiary/aromatic N) is 2. The van der Waals surface area contributed by atoms with Crippen LogP contribution in [0.5, 0.6) is 0 Å². The Bertz CT molecular complexity index is 573. The number of halogens is 1. The highest BCUT2D eigenvalue weighted by molar-refractivity contribution is 5.74. The smallest absolute Gasteiger partial charge is 0.315 e. The summed E-state index contributed by atoms with van der Waals surface area (Å²) in [5, 5.41) is 22.8. The summed E-state index contributed by atoms with van der Waals surface area (Å²) < 4.78 is 14.1. The van der Waals surface area contributed by atoms with Gasteiger partial charge in [0.2, 0.25) is 0 Å². The number of urea groups is 1. The molecule has 0 radical (unpaired) electrons. The SMILES string of the molecule is N#Cc1ccc(N2CCCC(NC(=O)NCCO)C2)c(F)c1. The maximum Gasteiger partial charge on any atom is 0.315 e. The van der Waals surface area contributed by atoms with Gasteiger partial charge in [0.1, 0.15) is 5.82 Å². The third-order valence-corrected chi connectivity index (χ3v) is 3.57. The van der Waals surface area contributed by atoms with E-state index in [-0.39, 0.29) is 30.8 Å². The first-order chi connectivity index (χ1) is 10.6. The quantitative estimate of drug-likeness (QED) is 0.773. The third-order valence-electron chi connectivity index (χ3n) is 3.57. The highest BCUT2D eigenvalue weighted by atomic mass is 19.1. The van der Waals surface area contributed by atoms with Crippen LogP contribution >= 0.6 is 0 Å². The van der Waals surface area contributed by atoms with Crippen LogP contribution in [0.2, 0.25) is 0 Å². The van der Waals surface area contributed by atoms with E-state index in [1.54, 1.807) is 12.1 Å². The van der Waals surface area contributed by atoms with Gasteiger partial charge in [0.15, 0.2) is 0 Å². The van der Waals surface area contributed by atoms with E-state index in [0.717, 1.165) is 12.8 Å². The summed E-state index contributed by atoms with van der Waals surface area (Å²) >= 11 is 0. The molecule has 1 aliphatic heterocycles. The molecule has 1 unspecified atom stereocenters. The summed E-state index contributed by atoms with van der Waals surface area (Å²) in [6.45, 7) is 1.31. The van der Waals surface area contributed by atoms with Gasteiger partial charge in [0, 0.05) is 25.7 Å². The monoisotopic (exact) mass is 306 g/mol. The third kappa shape index (κ3) is 4.09. The van der Waals surface area contributed by atoms with Crippen LogP contribution in [0.4, 0.5) is 14.9 Å². The van der Waals surface area contributed by atoms with Crippen molar-refractivity contribution < 1.29 is 14.3 Å². The number of nitrogens with one attached hydrogen (secondary N) is 2. The Labute approximate surface area is 128 Å². The Morgan fingerprint density at radius 2 is 2.36 bits per heavy atom. The Morgan fingerprint density at radius 3 is 3.05 bits per heavy atom. The molecule has 1 saturated heterocycles. The molecule has 0 aliphatic carbocycles. The number of amides is 2. The van der Waals surface area contributed by atoms with Crippen molar-refractivity contribution in [2.24, 2.45) is 0 Å². The number of benzene rings is 1. The van der Waals surface area contributed by atoms with Crippen LogP contribution in [0.25, 0.3) is 0 Å². The zero-order valence-corrected chi connectivity index (χ0v) is 12.2. The fourth-order valence-corrected chi connectivity index (χ4v) is 2.55. The highest BCUT2D eigenvalue weighted by Gasteiger charge is 2.23. The van der Waals surface area contributed by atoms with Gasteiger partial charge in [-0.05, 0) is 31.0 Å². The summed E-state index contributed by atoms with van der Waals surface area (Å²) in [7, 11) is 0. The van der Waals surface area contributed by atoms with Gasteiger partial charge in [0.05, 0.1) is 23.9 Å². The molecular weight excluding hydrogens is 287 g/mol. The highest BCUT2D eigenvalue weighted by Crippen LogP contribution is 2.24. The molecule has 3 N–H and O–H groups in total. The average Bonchev–Trinajstić information content (AvgIpc) is 2.53. The van der Waals surface area contributed by atoms with Gasteiger partial charge in [-0.1, -0.05) is 0 Å². The number of aliphatic hydroxyl groups excluding tert-OH is 1. The number of rotatable bonds is 4. The zero-order valence-electron chi connectivity index (χ0n) is 12.2. The number of anilines is 1. The largest absolute Gasteiger partial charge is 0.395 e. The predicted molar refractivity (Wildman–Crippen MR) is 80.0 cm³/mol. The molecule has 118 valence electrons. The van der Waals surface area contributed by atoms with Gasteiger partial charge in [-0.2, -0.15) is 5.26 Å². The lowest BCUT2D eigenvalue weighted by Gasteiger charge is -2.34. The average molecular weight is 306 g/mol. The molecule has 0 saturated carbocycles. The second-order valence-corrected chi connectivity index (χ2v) is 5.19. The first-order valence-corrected chi connectivity index (χ1v) is 7.24. The topological polar surface area (TPSA) is 88.4 Å². The van der Waals surface area contributed by atoms with Gasteiger partial charge in [-0.3, -0.25) is 0 Å². The first kappa shape index (κ1) is 16.0. The van der Waals surface area contributed by atoms with E-state index < -0.39 is 5.82 Å². The van der Waals surface area contributed by atoms with Crippen LogP contribution in [0.15, 0.2) is 18.2 Å². The lowest BCUT2D eigenvalue weighted by atomic mass is 10.0. The summed E-state index contributed by atoms with van der Waals surface area (Å²) in [6, 6.07) is 5.90. The van der Waals surface area contributed by atoms with E-state index in [1.807, 2.05) is 11.0 Å². The first-order valence-electron chi connectivity index (χ1n) is 7.24. The van der Waals surface area contributed by atoms with Gasteiger partial charge in [0.25, 0.3) is 0 Å². The van der Waals surface area contributed by atoms with Crippen LogP contribution in [-0.2, 0) is 0 Å². The number of hydrogen-bond acceptors (Lipinski definition) is 4. The minimum Gasteiger partial charge on any atom is -0.395 e. The number of hydrogen-bond donors (Lipinski definition) is 3. The van der Waals surface area contributed by atoms with Crippen LogP contribution in [0.1, 0.15) is 18.4 Å². The molecule has 22 heavy (non-hydrogen) atoms. The maximum absolute atomic E-state index is 14.1. The maximum atomic E-state index is 14.1. The van der Waals surface area contributed by atoms with Crippen molar-refractivity contribution in [3.05, 3.63) is 29.6 Å². The van der Waals surface area contributed by atoms with Crippen molar-refractivity contribution in [3.63, 3.8) is 0 Å². The molecule has 1 fully saturated rings. The van der Waals surface area contributed by atoms with E-state index in [1.165, 1.54) is 6.07 Å². The van der Waals surface area contributed by atoms with E-state index in [0.29, 0.717) is 18.8 Å². The number of aliphatic hydroxyl groups is 1. The van der Waals surface area contributed by atoms with Crippen molar-refractivity contribution in [1.82, 2.24) is 10.6 Å². The minimum absolute atomic E-state index is 0.0810. The van der Waals surface area contributed by atoms with Crippen molar-refractivity contribution in [1.29, 1.82) is 5.26 Å². The zero-order chi connectivity index (χ0) is 15.9. The summed E-state index contributed by atoms with van der Waals surface area (Å²) in [4.78, 5) is 13.5. The van der Waals surface area contributed by atoms with Crippen molar-refractivity contribution in [2.45, 2.75) is 18.9 Å². The lowest BCUT2D eigenvalue weighted by molar-refractivity contribution is 0.229. The van der Waals surface area contributed by atoms with Gasteiger partial charge < -0.3 is 20.6 Å². The Balaban J connectivity index is 1.98. The van der Waals surface area contributed by atoms with Gasteiger partial charge in [-0.25, -0.2) is 9.18 Å². The molecule has 2 rings (SSSR count). The molecule has 1 aromatic rings. The number of piperidine rings is 1. The minimum atomic E-state index is -0.426. The van der Waals surface area contributed by atoms with Crippen molar-refractivity contribution >= 4 is 11.7 Å². The Morgan fingerprint density at radius 1 is 1.55 bits per heavy atom. The number of nitriles is 1. The van der Waals surface area contributed by atoms with Crippen LogP contribution in [-0.4, -0.2) is 43.4 Å². The van der Waals surface area contributed by atoms with E-state index in [9.17, 15) is 9.18 Å². The molecule has 1 aromatic carbocycles. The van der Waals surface area contributed by atoms with Crippen LogP contribution in [0.3, 0.4) is 0 Å². The molecule has 1 heterocycles. The second kappa shape index (κ2) is 7.61. The fraction of sp³-hybridized carbons (Fsp3) is 0.467. The van der Waals surface area contributed by atoms with E-state index in [2.05, 4.69) is 10.6 Å². The molecule has 0 aromatic heterocycles. The molecule has 0 spiro atoms. The standard InChI is InChI=1S/C15H19FN4O2/c16-13-8-11(9-17)3-4-14(13)20-6-1-2-12(10-20)19-15(22)18-5-7-21/h3-4,8,12,21H,1-2,5-7,10H2,(H2,18,19,22).